The van der Waals surface area contributed by atoms with Crippen LogP contribution in [0.5, 0.6) is 0 Å². The Kier molecular flexibility index (Phi) is 2.24. The summed E-state index contributed by atoms with van der Waals surface area (Å²) in [7, 11) is 0. The molecule has 14 heavy (non-hydrogen) atoms. The van der Waals surface area contributed by atoms with Crippen molar-refractivity contribution in [3.05, 3.63) is 48.0 Å². The van der Waals surface area contributed by atoms with Crippen LogP contribution in [0.2, 0.25) is 0 Å². The third-order valence-electron chi connectivity index (χ3n) is 2.54. The van der Waals surface area contributed by atoms with Gasteiger partial charge >= 0.3 is 0 Å². The maximum atomic E-state index is 5.45. The molecular weight excluding hydrogens is 168 g/mol. The zero-order valence-electron chi connectivity index (χ0n) is 8.20. The predicted octanol–water partition coefficient (Wildman–Crippen LogP) is 3.58. The lowest BCUT2D eigenvalue weighted by atomic mass is 9.95. The first kappa shape index (κ1) is 8.84. The molecule has 0 bridgehead atoms. The Morgan fingerprint density at radius 3 is 2.57 bits per heavy atom. The van der Waals surface area contributed by atoms with E-state index in [-0.39, 0.29) is 5.92 Å². The van der Waals surface area contributed by atoms with E-state index in [4.69, 9.17) is 6.42 Å². The van der Waals surface area contributed by atoms with Crippen molar-refractivity contribution in [1.82, 2.24) is 0 Å². The summed E-state index contributed by atoms with van der Waals surface area (Å²) in [4.78, 5) is 0. The SMILES string of the molecule is C#CC(C)c1cccc2ccccc12. The fourth-order valence-corrected chi connectivity index (χ4v) is 1.72. The van der Waals surface area contributed by atoms with Gasteiger partial charge in [0.15, 0.2) is 0 Å². The molecule has 0 fully saturated rings. The van der Waals surface area contributed by atoms with Crippen molar-refractivity contribution in [3.8, 4) is 12.3 Å². The first-order chi connectivity index (χ1) is 6.83. The van der Waals surface area contributed by atoms with Crippen LogP contribution >= 0.6 is 0 Å². The second kappa shape index (κ2) is 3.55. The van der Waals surface area contributed by atoms with E-state index < -0.39 is 0 Å². The van der Waals surface area contributed by atoms with Crippen LogP contribution in [-0.2, 0) is 0 Å². The molecule has 68 valence electrons. The van der Waals surface area contributed by atoms with E-state index in [1.807, 2.05) is 6.07 Å². The van der Waals surface area contributed by atoms with Crippen molar-refractivity contribution in [2.24, 2.45) is 0 Å². The van der Waals surface area contributed by atoms with Crippen LogP contribution in [0, 0.1) is 12.3 Å². The molecule has 2 aromatic carbocycles. The molecule has 0 N–H and O–H groups in total. The Bertz CT molecular complexity index is 483. The molecule has 0 aromatic heterocycles. The molecule has 0 heteroatoms. The largest absolute Gasteiger partial charge is 0.119 e. The third-order valence-corrected chi connectivity index (χ3v) is 2.54. The van der Waals surface area contributed by atoms with Gasteiger partial charge in [-0.05, 0) is 23.3 Å². The van der Waals surface area contributed by atoms with E-state index in [1.165, 1.54) is 16.3 Å². The summed E-state index contributed by atoms with van der Waals surface area (Å²) in [6.45, 7) is 2.06. The van der Waals surface area contributed by atoms with Crippen molar-refractivity contribution in [3.63, 3.8) is 0 Å². The number of rotatable bonds is 1. The second-order valence-corrected chi connectivity index (χ2v) is 3.46. The molecule has 0 saturated heterocycles. The van der Waals surface area contributed by atoms with E-state index in [0.717, 1.165) is 0 Å². The molecule has 0 saturated carbocycles. The van der Waals surface area contributed by atoms with Gasteiger partial charge in [-0.3, -0.25) is 0 Å². The van der Waals surface area contributed by atoms with E-state index in [9.17, 15) is 0 Å². The molecule has 0 spiro atoms. The monoisotopic (exact) mass is 180 g/mol. The predicted molar refractivity (Wildman–Crippen MR) is 61.2 cm³/mol. The average Bonchev–Trinajstić information content (AvgIpc) is 2.27. The summed E-state index contributed by atoms with van der Waals surface area (Å²) in [5.74, 6) is 2.95. The number of hydrogen-bond acceptors (Lipinski definition) is 0. The second-order valence-electron chi connectivity index (χ2n) is 3.46. The molecule has 2 rings (SSSR count). The van der Waals surface area contributed by atoms with Crippen LogP contribution in [0.15, 0.2) is 42.5 Å². The van der Waals surface area contributed by atoms with Crippen molar-refractivity contribution in [2.75, 3.05) is 0 Å². The smallest absolute Gasteiger partial charge is 0.0427 e. The van der Waals surface area contributed by atoms with Gasteiger partial charge in [-0.25, -0.2) is 0 Å². The average molecular weight is 180 g/mol. The number of hydrogen-bond donors (Lipinski definition) is 0. The molecule has 2 aromatic rings. The summed E-state index contributed by atoms with van der Waals surface area (Å²) >= 11 is 0. The third kappa shape index (κ3) is 1.38. The van der Waals surface area contributed by atoms with Crippen LogP contribution in [-0.4, -0.2) is 0 Å². The fraction of sp³-hybridized carbons (Fsp3) is 0.143. The van der Waals surface area contributed by atoms with E-state index in [1.54, 1.807) is 0 Å². The van der Waals surface area contributed by atoms with Gasteiger partial charge < -0.3 is 0 Å². The standard InChI is InChI=1S/C14H12/c1-3-11(2)13-10-6-8-12-7-4-5-9-14(12)13/h1,4-11H,2H3. The lowest BCUT2D eigenvalue weighted by Gasteiger charge is -2.08. The van der Waals surface area contributed by atoms with Crippen LogP contribution in [0.3, 0.4) is 0 Å². The minimum absolute atomic E-state index is 0.182. The lowest BCUT2D eigenvalue weighted by molar-refractivity contribution is 1.02. The maximum absolute atomic E-state index is 5.45. The Morgan fingerprint density at radius 1 is 1.07 bits per heavy atom. The minimum atomic E-state index is 0.182. The van der Waals surface area contributed by atoms with Gasteiger partial charge in [0, 0.05) is 5.92 Å². The van der Waals surface area contributed by atoms with Crippen LogP contribution in [0.4, 0.5) is 0 Å². The maximum Gasteiger partial charge on any atom is 0.0427 e. The summed E-state index contributed by atoms with van der Waals surface area (Å²) in [5, 5.41) is 2.52. The first-order valence-corrected chi connectivity index (χ1v) is 4.76. The minimum Gasteiger partial charge on any atom is -0.119 e. The van der Waals surface area contributed by atoms with Gasteiger partial charge in [0.05, 0.1) is 0 Å². The quantitative estimate of drug-likeness (QED) is 0.588. The Labute approximate surface area is 84.6 Å². The fourth-order valence-electron chi connectivity index (χ4n) is 1.72. The van der Waals surface area contributed by atoms with E-state index >= 15 is 0 Å². The highest BCUT2D eigenvalue weighted by Gasteiger charge is 2.04. The molecule has 0 aliphatic rings. The van der Waals surface area contributed by atoms with Gasteiger partial charge in [-0.15, -0.1) is 6.42 Å². The first-order valence-electron chi connectivity index (χ1n) is 4.76. The molecule has 0 radical (unpaired) electrons. The van der Waals surface area contributed by atoms with Crippen molar-refractivity contribution >= 4 is 10.8 Å². The highest BCUT2D eigenvalue weighted by Crippen LogP contribution is 2.24. The number of terminal acetylenes is 1. The summed E-state index contributed by atoms with van der Waals surface area (Å²) in [6, 6.07) is 14.6. The zero-order chi connectivity index (χ0) is 9.97. The molecule has 1 unspecified atom stereocenters. The molecule has 0 aliphatic carbocycles. The summed E-state index contributed by atoms with van der Waals surface area (Å²) in [5.41, 5.74) is 1.24. The van der Waals surface area contributed by atoms with Crippen LogP contribution in [0.25, 0.3) is 10.8 Å². The molecule has 0 amide bonds. The zero-order valence-corrected chi connectivity index (χ0v) is 8.20. The Balaban J connectivity index is 2.72. The Hall–Kier alpha value is -1.74. The van der Waals surface area contributed by atoms with Gasteiger partial charge in [0.1, 0.15) is 0 Å². The number of fused-ring (bicyclic) bond motifs is 1. The van der Waals surface area contributed by atoms with Crippen LogP contribution in [0.1, 0.15) is 18.4 Å². The molecule has 0 nitrogen and oxygen atoms in total. The van der Waals surface area contributed by atoms with Gasteiger partial charge in [0.25, 0.3) is 0 Å². The Morgan fingerprint density at radius 2 is 1.79 bits per heavy atom. The highest BCUT2D eigenvalue weighted by molar-refractivity contribution is 5.86. The van der Waals surface area contributed by atoms with Crippen LogP contribution < -0.4 is 0 Å². The lowest BCUT2D eigenvalue weighted by Crippen LogP contribution is -1.90. The van der Waals surface area contributed by atoms with Crippen molar-refractivity contribution < 1.29 is 0 Å². The topological polar surface area (TPSA) is 0 Å². The van der Waals surface area contributed by atoms with E-state index in [2.05, 4.69) is 49.2 Å². The molecule has 0 aliphatic heterocycles. The highest BCUT2D eigenvalue weighted by atomic mass is 14.1. The molecule has 0 heterocycles. The van der Waals surface area contributed by atoms with Crippen molar-refractivity contribution in [2.45, 2.75) is 12.8 Å². The molecule has 1 atom stereocenters. The van der Waals surface area contributed by atoms with Gasteiger partial charge in [0.2, 0.25) is 0 Å². The number of benzene rings is 2. The normalized spacial score (nSPS) is 12.3. The van der Waals surface area contributed by atoms with Crippen molar-refractivity contribution in [1.29, 1.82) is 0 Å². The van der Waals surface area contributed by atoms with Gasteiger partial charge in [-0.2, -0.15) is 0 Å². The summed E-state index contributed by atoms with van der Waals surface area (Å²) < 4.78 is 0. The molecular formula is C14H12. The summed E-state index contributed by atoms with van der Waals surface area (Å²) in [6.07, 6.45) is 5.45. The van der Waals surface area contributed by atoms with Gasteiger partial charge in [-0.1, -0.05) is 48.4 Å². The van der Waals surface area contributed by atoms with E-state index in [0.29, 0.717) is 0 Å².